The van der Waals surface area contributed by atoms with Gasteiger partial charge in [-0.25, -0.2) is 8.42 Å². The first-order valence-electron chi connectivity index (χ1n) is 5.72. The second-order valence-electron chi connectivity index (χ2n) is 5.15. The van der Waals surface area contributed by atoms with E-state index in [1.54, 1.807) is 0 Å². The van der Waals surface area contributed by atoms with E-state index in [4.69, 9.17) is 5.11 Å². The summed E-state index contributed by atoms with van der Waals surface area (Å²) in [5.41, 5.74) is -0.0416. The van der Waals surface area contributed by atoms with Crippen molar-refractivity contribution < 1.29 is 31.5 Å². The van der Waals surface area contributed by atoms with E-state index in [2.05, 4.69) is 0 Å². The molecule has 0 aromatic heterocycles. The number of rotatable bonds is 4. The Hall–Kier alpha value is -1.31. The van der Waals surface area contributed by atoms with Crippen molar-refractivity contribution in [2.24, 2.45) is 0 Å². The molecule has 0 radical (unpaired) electrons. The molecule has 8 heteroatoms. The third-order valence-electron chi connectivity index (χ3n) is 3.09. The van der Waals surface area contributed by atoms with E-state index in [9.17, 15) is 26.4 Å². The number of carboxylic acids is 1. The minimum atomic E-state index is -4.48. The Balaban J connectivity index is 3.22. The van der Waals surface area contributed by atoms with Gasteiger partial charge in [0.05, 0.1) is 17.6 Å². The van der Waals surface area contributed by atoms with Gasteiger partial charge in [0.2, 0.25) is 0 Å². The topological polar surface area (TPSA) is 71.4 Å². The van der Waals surface area contributed by atoms with E-state index in [0.717, 1.165) is 18.4 Å². The van der Waals surface area contributed by atoms with Crippen molar-refractivity contribution in [3.05, 3.63) is 23.3 Å². The van der Waals surface area contributed by atoms with Crippen LogP contribution in [0, 0.1) is 0 Å². The lowest BCUT2D eigenvalue weighted by atomic mass is 9.88. The molecule has 0 aromatic carbocycles. The number of halogens is 3. The number of carboxylic acid groups (broad SMARTS) is 1. The van der Waals surface area contributed by atoms with Crippen LogP contribution in [0.3, 0.4) is 0 Å². The normalized spacial score (nSPS) is 24.1. The largest absolute Gasteiger partial charge is 0.481 e. The van der Waals surface area contributed by atoms with Crippen LogP contribution >= 0.6 is 0 Å². The minimum Gasteiger partial charge on any atom is -0.481 e. The standard InChI is InChI=1S/C12H15F3O4S/c1-11(20(2,18)19)5-8(4-10(16)17)3-9(6-11)7-12(13,14)15/h3,6H,4-5,7H2,1-2H3,(H,16,17). The first-order chi connectivity index (χ1) is 8.82. The van der Waals surface area contributed by atoms with Crippen molar-refractivity contribution in [3.63, 3.8) is 0 Å². The van der Waals surface area contributed by atoms with Crippen molar-refractivity contribution in [2.45, 2.75) is 37.1 Å². The molecule has 114 valence electrons. The van der Waals surface area contributed by atoms with Crippen LogP contribution in [0.5, 0.6) is 0 Å². The Morgan fingerprint density at radius 1 is 1.45 bits per heavy atom. The highest BCUT2D eigenvalue weighted by Gasteiger charge is 2.39. The van der Waals surface area contributed by atoms with Crippen LogP contribution in [-0.2, 0) is 14.6 Å². The summed E-state index contributed by atoms with van der Waals surface area (Å²) in [7, 11) is -3.66. The summed E-state index contributed by atoms with van der Waals surface area (Å²) < 4.78 is 59.3. The van der Waals surface area contributed by atoms with Crippen molar-refractivity contribution in [1.29, 1.82) is 0 Å². The lowest BCUT2D eigenvalue weighted by molar-refractivity contribution is -0.136. The molecule has 0 amide bonds. The smallest absolute Gasteiger partial charge is 0.393 e. The maximum Gasteiger partial charge on any atom is 0.393 e. The van der Waals surface area contributed by atoms with E-state index in [1.165, 1.54) is 6.92 Å². The molecule has 0 heterocycles. The number of carbonyl (C=O) groups is 1. The molecule has 0 fully saturated rings. The summed E-state index contributed by atoms with van der Waals surface area (Å²) in [6.45, 7) is 1.30. The average molecular weight is 312 g/mol. The second-order valence-corrected chi connectivity index (χ2v) is 7.62. The summed E-state index contributed by atoms with van der Waals surface area (Å²) in [6, 6.07) is 0. The number of allylic oxidation sites excluding steroid dienone is 2. The van der Waals surface area contributed by atoms with E-state index >= 15 is 0 Å². The molecular weight excluding hydrogens is 297 g/mol. The molecule has 1 aliphatic carbocycles. The van der Waals surface area contributed by atoms with Crippen LogP contribution in [0.1, 0.15) is 26.2 Å². The van der Waals surface area contributed by atoms with Gasteiger partial charge in [0, 0.05) is 6.26 Å². The van der Waals surface area contributed by atoms with Gasteiger partial charge in [0.25, 0.3) is 0 Å². The molecule has 1 unspecified atom stereocenters. The Morgan fingerprint density at radius 2 is 2.00 bits per heavy atom. The fourth-order valence-corrected chi connectivity index (χ4v) is 2.94. The van der Waals surface area contributed by atoms with Crippen molar-refractivity contribution in [3.8, 4) is 0 Å². The first kappa shape index (κ1) is 16.7. The van der Waals surface area contributed by atoms with E-state index in [-0.39, 0.29) is 17.6 Å². The Morgan fingerprint density at radius 3 is 2.40 bits per heavy atom. The summed E-state index contributed by atoms with van der Waals surface area (Å²) in [5, 5.41) is 8.73. The van der Waals surface area contributed by atoms with Crippen LogP contribution in [-0.4, -0.2) is 36.7 Å². The van der Waals surface area contributed by atoms with E-state index in [1.807, 2.05) is 0 Å². The fraction of sp³-hybridized carbons (Fsp3) is 0.583. The van der Waals surface area contributed by atoms with Crippen molar-refractivity contribution >= 4 is 15.8 Å². The van der Waals surface area contributed by atoms with Gasteiger partial charge >= 0.3 is 12.1 Å². The average Bonchev–Trinajstić information content (AvgIpc) is 2.09. The predicted octanol–water partition coefficient (Wildman–Crippen LogP) is 2.47. The van der Waals surface area contributed by atoms with Gasteiger partial charge in [-0.15, -0.1) is 0 Å². The molecule has 0 bridgehead atoms. The first-order valence-corrected chi connectivity index (χ1v) is 7.61. The number of alkyl halides is 3. The van der Waals surface area contributed by atoms with Crippen molar-refractivity contribution in [1.82, 2.24) is 0 Å². The molecule has 0 saturated carbocycles. The third-order valence-corrected chi connectivity index (χ3v) is 5.04. The quantitative estimate of drug-likeness (QED) is 0.865. The van der Waals surface area contributed by atoms with Crippen LogP contribution < -0.4 is 0 Å². The summed E-state index contributed by atoms with van der Waals surface area (Å²) in [4.78, 5) is 10.7. The van der Waals surface area contributed by atoms with Crippen molar-refractivity contribution in [2.75, 3.05) is 6.26 Å². The molecule has 1 atom stereocenters. The molecule has 1 N–H and O–H groups in total. The summed E-state index contributed by atoms with van der Waals surface area (Å²) in [6.07, 6.45) is -3.21. The lowest BCUT2D eigenvalue weighted by Gasteiger charge is -2.30. The van der Waals surface area contributed by atoms with E-state index < -0.39 is 39.6 Å². The highest BCUT2D eigenvalue weighted by atomic mass is 32.2. The van der Waals surface area contributed by atoms with Gasteiger partial charge in [-0.3, -0.25) is 4.79 Å². The molecular formula is C12H15F3O4S. The molecule has 0 saturated heterocycles. The zero-order chi connectivity index (χ0) is 15.8. The number of hydrogen-bond donors (Lipinski definition) is 1. The van der Waals surface area contributed by atoms with Crippen LogP contribution in [0.4, 0.5) is 13.2 Å². The van der Waals surface area contributed by atoms with Gasteiger partial charge in [-0.05, 0) is 18.9 Å². The zero-order valence-corrected chi connectivity index (χ0v) is 11.8. The van der Waals surface area contributed by atoms with E-state index in [0.29, 0.717) is 0 Å². The summed E-state index contributed by atoms with van der Waals surface area (Å²) >= 11 is 0. The molecule has 0 aliphatic heterocycles. The second kappa shape index (κ2) is 5.23. The maximum absolute atomic E-state index is 12.4. The highest BCUT2D eigenvalue weighted by molar-refractivity contribution is 7.92. The maximum atomic E-state index is 12.4. The SMILES string of the molecule is CC1(S(C)(=O)=O)C=C(CC(F)(F)F)C=C(CC(=O)O)C1. The fourth-order valence-electron chi connectivity index (χ4n) is 2.13. The number of aliphatic carboxylic acids is 1. The Bertz CT molecular complexity index is 572. The molecule has 0 aromatic rings. The minimum absolute atomic E-state index is 0.112. The number of hydrogen-bond acceptors (Lipinski definition) is 3. The monoisotopic (exact) mass is 312 g/mol. The summed E-state index contributed by atoms with van der Waals surface area (Å²) in [5.74, 6) is -1.21. The van der Waals surface area contributed by atoms with Crippen LogP contribution in [0.25, 0.3) is 0 Å². The van der Waals surface area contributed by atoms with Gasteiger partial charge in [-0.2, -0.15) is 13.2 Å². The van der Waals surface area contributed by atoms with Crippen LogP contribution in [0.2, 0.25) is 0 Å². The molecule has 4 nitrogen and oxygen atoms in total. The molecule has 1 aliphatic rings. The third kappa shape index (κ3) is 4.36. The molecule has 0 spiro atoms. The van der Waals surface area contributed by atoms with Crippen LogP contribution in [0.15, 0.2) is 23.3 Å². The highest BCUT2D eigenvalue weighted by Crippen LogP contribution is 2.37. The molecule has 20 heavy (non-hydrogen) atoms. The number of sulfone groups is 1. The zero-order valence-electron chi connectivity index (χ0n) is 11.0. The van der Waals surface area contributed by atoms with Gasteiger partial charge < -0.3 is 5.11 Å². The van der Waals surface area contributed by atoms with Gasteiger partial charge in [0.15, 0.2) is 9.84 Å². The van der Waals surface area contributed by atoms with Gasteiger partial charge in [0.1, 0.15) is 0 Å². The predicted molar refractivity (Wildman–Crippen MR) is 67.0 cm³/mol. The van der Waals surface area contributed by atoms with Gasteiger partial charge in [-0.1, -0.05) is 17.7 Å². The molecule has 1 rings (SSSR count). The Labute approximate surface area is 114 Å². The lowest BCUT2D eigenvalue weighted by Crippen LogP contribution is -2.35. The Kier molecular flexibility index (Phi) is 4.38.